The fraction of sp³-hybridized carbons (Fsp3) is 0.500. The van der Waals surface area contributed by atoms with Crippen molar-refractivity contribution in [2.45, 2.75) is 38.7 Å². The van der Waals surface area contributed by atoms with Gasteiger partial charge in [0.2, 0.25) is 0 Å². The van der Waals surface area contributed by atoms with Crippen LogP contribution in [-0.4, -0.2) is 16.1 Å². The van der Waals surface area contributed by atoms with Crippen LogP contribution in [0, 0.1) is 10.1 Å². The van der Waals surface area contributed by atoms with Gasteiger partial charge in [-0.25, -0.2) is 0 Å². The molecule has 1 atom stereocenters. The van der Waals surface area contributed by atoms with E-state index in [4.69, 9.17) is 11.6 Å². The maximum Gasteiger partial charge on any atom is 0.274 e. The molecule has 5 heteroatoms. The molecule has 0 heterocycles. The van der Waals surface area contributed by atoms with Crippen molar-refractivity contribution in [3.63, 3.8) is 0 Å². The number of aliphatic hydroxyl groups is 1. The van der Waals surface area contributed by atoms with Gasteiger partial charge >= 0.3 is 0 Å². The zero-order valence-electron chi connectivity index (χ0n) is 9.73. The average Bonchev–Trinajstić information content (AvgIpc) is 2.27. The smallest absolute Gasteiger partial charge is 0.274 e. The van der Waals surface area contributed by atoms with E-state index in [-0.39, 0.29) is 5.69 Å². The quantitative estimate of drug-likeness (QED) is 0.628. The summed E-state index contributed by atoms with van der Waals surface area (Å²) in [6, 6.07) is 4.63. The highest BCUT2D eigenvalue weighted by Crippen LogP contribution is 2.28. The summed E-state index contributed by atoms with van der Waals surface area (Å²) in [4.78, 5) is 10.4. The lowest BCUT2D eigenvalue weighted by Crippen LogP contribution is -2.08. The summed E-state index contributed by atoms with van der Waals surface area (Å²) in [7, 11) is 0. The Bertz CT molecular complexity index is 395. The summed E-state index contributed by atoms with van der Waals surface area (Å²) in [6.45, 7) is 1.99. The van der Waals surface area contributed by atoms with Crippen molar-refractivity contribution in [1.29, 1.82) is 0 Å². The van der Waals surface area contributed by atoms with Crippen LogP contribution in [0.1, 0.15) is 31.7 Å². The predicted octanol–water partition coefficient (Wildman–Crippen LogP) is 3.34. The van der Waals surface area contributed by atoms with E-state index >= 15 is 0 Å². The molecule has 0 saturated heterocycles. The zero-order chi connectivity index (χ0) is 12.8. The van der Waals surface area contributed by atoms with Crippen molar-refractivity contribution >= 4 is 17.3 Å². The Morgan fingerprint density at radius 1 is 1.47 bits per heavy atom. The SMILES string of the molecule is CCCC(O)CCc1c(Cl)cccc1[N+](=O)[O-]. The molecule has 0 aromatic heterocycles. The lowest BCUT2D eigenvalue weighted by Gasteiger charge is -2.10. The van der Waals surface area contributed by atoms with Gasteiger partial charge in [0.15, 0.2) is 0 Å². The Labute approximate surface area is 105 Å². The first-order valence-corrected chi connectivity index (χ1v) is 6.04. The molecule has 0 bridgehead atoms. The highest BCUT2D eigenvalue weighted by Gasteiger charge is 2.17. The third-order valence-corrected chi connectivity index (χ3v) is 2.99. The molecule has 4 nitrogen and oxygen atoms in total. The zero-order valence-corrected chi connectivity index (χ0v) is 10.5. The van der Waals surface area contributed by atoms with Gasteiger partial charge in [0.05, 0.1) is 16.0 Å². The van der Waals surface area contributed by atoms with Crippen LogP contribution in [0.15, 0.2) is 18.2 Å². The molecule has 0 radical (unpaired) electrons. The van der Waals surface area contributed by atoms with E-state index in [0.29, 0.717) is 29.8 Å². The van der Waals surface area contributed by atoms with Crippen LogP contribution in [-0.2, 0) is 6.42 Å². The molecule has 0 aliphatic heterocycles. The first-order chi connectivity index (χ1) is 8.06. The Morgan fingerprint density at radius 3 is 2.76 bits per heavy atom. The van der Waals surface area contributed by atoms with Crippen LogP contribution < -0.4 is 0 Å². The Morgan fingerprint density at radius 2 is 2.18 bits per heavy atom. The second-order valence-corrected chi connectivity index (χ2v) is 4.38. The molecule has 1 aromatic carbocycles. The van der Waals surface area contributed by atoms with Gasteiger partial charge in [-0.3, -0.25) is 10.1 Å². The van der Waals surface area contributed by atoms with Crippen molar-refractivity contribution in [1.82, 2.24) is 0 Å². The predicted molar refractivity (Wildman–Crippen MR) is 67.3 cm³/mol. The second-order valence-electron chi connectivity index (χ2n) is 3.98. The molecule has 0 aliphatic rings. The lowest BCUT2D eigenvalue weighted by atomic mass is 10.0. The van der Waals surface area contributed by atoms with Gasteiger partial charge < -0.3 is 5.11 Å². The van der Waals surface area contributed by atoms with E-state index in [2.05, 4.69) is 0 Å². The second kappa shape index (κ2) is 6.57. The molecule has 1 rings (SSSR count). The molecule has 0 aliphatic carbocycles. The maximum absolute atomic E-state index is 10.8. The van der Waals surface area contributed by atoms with E-state index in [1.165, 1.54) is 6.07 Å². The monoisotopic (exact) mass is 257 g/mol. The van der Waals surface area contributed by atoms with Crippen LogP contribution in [0.5, 0.6) is 0 Å². The minimum atomic E-state index is -0.437. The van der Waals surface area contributed by atoms with Crippen LogP contribution in [0.3, 0.4) is 0 Å². The number of aliphatic hydroxyl groups excluding tert-OH is 1. The van der Waals surface area contributed by atoms with Crippen molar-refractivity contribution in [3.8, 4) is 0 Å². The first kappa shape index (κ1) is 13.9. The average molecular weight is 258 g/mol. The summed E-state index contributed by atoms with van der Waals surface area (Å²) >= 11 is 5.95. The van der Waals surface area contributed by atoms with E-state index < -0.39 is 11.0 Å². The number of hydrogen-bond donors (Lipinski definition) is 1. The van der Waals surface area contributed by atoms with Gasteiger partial charge in [0.25, 0.3) is 5.69 Å². The van der Waals surface area contributed by atoms with Gasteiger partial charge in [-0.05, 0) is 25.3 Å². The molecule has 0 fully saturated rings. The molecule has 17 heavy (non-hydrogen) atoms. The Hall–Kier alpha value is -1.13. The summed E-state index contributed by atoms with van der Waals surface area (Å²) in [5.74, 6) is 0. The Kier molecular flexibility index (Phi) is 5.38. The topological polar surface area (TPSA) is 63.4 Å². The van der Waals surface area contributed by atoms with Crippen LogP contribution in [0.2, 0.25) is 5.02 Å². The minimum absolute atomic E-state index is 0.0289. The molecular formula is C12H16ClNO3. The molecular weight excluding hydrogens is 242 g/mol. The number of nitro benzene ring substituents is 1. The maximum atomic E-state index is 10.8. The number of hydrogen-bond acceptors (Lipinski definition) is 3. The summed E-state index contributed by atoms with van der Waals surface area (Å²) < 4.78 is 0. The number of benzene rings is 1. The highest BCUT2D eigenvalue weighted by molar-refractivity contribution is 6.31. The van der Waals surface area contributed by atoms with Gasteiger partial charge in [0.1, 0.15) is 0 Å². The first-order valence-electron chi connectivity index (χ1n) is 5.66. The number of rotatable bonds is 6. The number of nitro groups is 1. The summed E-state index contributed by atoms with van der Waals surface area (Å²) in [5, 5.41) is 20.8. The summed E-state index contributed by atoms with van der Waals surface area (Å²) in [6.07, 6.45) is 2.11. The van der Waals surface area contributed by atoms with Gasteiger partial charge in [-0.2, -0.15) is 0 Å². The van der Waals surface area contributed by atoms with E-state index in [9.17, 15) is 15.2 Å². The van der Waals surface area contributed by atoms with E-state index in [1.807, 2.05) is 6.92 Å². The van der Waals surface area contributed by atoms with Crippen molar-refractivity contribution in [3.05, 3.63) is 38.9 Å². The minimum Gasteiger partial charge on any atom is -0.393 e. The highest BCUT2D eigenvalue weighted by atomic mass is 35.5. The fourth-order valence-electron chi connectivity index (χ4n) is 1.75. The largest absolute Gasteiger partial charge is 0.393 e. The van der Waals surface area contributed by atoms with Gasteiger partial charge in [-0.15, -0.1) is 0 Å². The summed E-state index contributed by atoms with van der Waals surface area (Å²) in [5.41, 5.74) is 0.538. The standard InChI is InChI=1S/C12H16ClNO3/c1-2-4-9(15)7-8-10-11(13)5-3-6-12(10)14(16)17/h3,5-6,9,15H,2,4,7-8H2,1H3. The van der Waals surface area contributed by atoms with Crippen LogP contribution in [0.25, 0.3) is 0 Å². The molecule has 1 unspecified atom stereocenters. The van der Waals surface area contributed by atoms with E-state index in [1.54, 1.807) is 12.1 Å². The van der Waals surface area contributed by atoms with Crippen molar-refractivity contribution in [2.24, 2.45) is 0 Å². The molecule has 1 aromatic rings. The molecule has 0 amide bonds. The van der Waals surface area contributed by atoms with Gasteiger partial charge in [-0.1, -0.05) is 31.0 Å². The molecule has 0 saturated carbocycles. The third kappa shape index (κ3) is 3.98. The molecule has 0 spiro atoms. The van der Waals surface area contributed by atoms with Gasteiger partial charge in [0, 0.05) is 11.6 Å². The number of nitrogens with zero attached hydrogens (tertiary/aromatic N) is 1. The third-order valence-electron chi connectivity index (χ3n) is 2.64. The van der Waals surface area contributed by atoms with Crippen LogP contribution >= 0.6 is 11.6 Å². The molecule has 1 N–H and O–H groups in total. The lowest BCUT2D eigenvalue weighted by molar-refractivity contribution is -0.385. The van der Waals surface area contributed by atoms with Crippen molar-refractivity contribution < 1.29 is 10.0 Å². The normalized spacial score (nSPS) is 12.4. The fourth-order valence-corrected chi connectivity index (χ4v) is 2.02. The van der Waals surface area contributed by atoms with Crippen LogP contribution in [0.4, 0.5) is 5.69 Å². The Balaban J connectivity index is 2.79. The molecule has 94 valence electrons. The van der Waals surface area contributed by atoms with E-state index in [0.717, 1.165) is 6.42 Å². The van der Waals surface area contributed by atoms with Crippen molar-refractivity contribution in [2.75, 3.05) is 0 Å². The number of halogens is 1.